The number of halogens is 1. The topological polar surface area (TPSA) is 108 Å². The Kier molecular flexibility index (Phi) is 4.47. The zero-order chi connectivity index (χ0) is 20.5. The van der Waals surface area contributed by atoms with E-state index >= 15 is 0 Å². The van der Waals surface area contributed by atoms with Crippen LogP contribution in [0.5, 0.6) is 5.75 Å². The summed E-state index contributed by atoms with van der Waals surface area (Å²) < 4.78 is 23.9. The van der Waals surface area contributed by atoms with Gasteiger partial charge in [0.05, 0.1) is 27.3 Å². The summed E-state index contributed by atoms with van der Waals surface area (Å²) in [5.74, 6) is -2.20. The molecule has 0 amide bonds. The highest BCUT2D eigenvalue weighted by atomic mass is 19.1. The van der Waals surface area contributed by atoms with Crippen molar-refractivity contribution < 1.29 is 23.4 Å². The monoisotopic (exact) mass is 393 g/mol. The van der Waals surface area contributed by atoms with E-state index < -0.39 is 28.1 Å². The fourth-order valence-electron chi connectivity index (χ4n) is 2.89. The minimum atomic E-state index is -0.922. The number of aromatic nitrogens is 2. The maximum atomic E-state index is 13.6. The van der Waals surface area contributed by atoms with Crippen molar-refractivity contribution in [2.24, 2.45) is 0 Å². The zero-order valence-electron chi connectivity index (χ0n) is 15.0. The van der Waals surface area contributed by atoms with E-state index in [1.54, 1.807) is 31.2 Å². The van der Waals surface area contributed by atoms with Gasteiger partial charge in [0.25, 0.3) is 5.71 Å². The fourth-order valence-corrected chi connectivity index (χ4v) is 2.89. The first-order valence-corrected chi connectivity index (χ1v) is 8.42. The van der Waals surface area contributed by atoms with Gasteiger partial charge in [-0.1, -0.05) is 35.5 Å². The molecule has 0 aliphatic carbocycles. The van der Waals surface area contributed by atoms with Crippen LogP contribution in [-0.2, 0) is 0 Å². The average molecular weight is 393 g/mol. The van der Waals surface area contributed by atoms with Gasteiger partial charge in [0.15, 0.2) is 0 Å². The Balaban J connectivity index is 1.83. The van der Waals surface area contributed by atoms with Crippen LogP contribution in [0, 0.1) is 22.9 Å². The molecule has 0 saturated carbocycles. The van der Waals surface area contributed by atoms with E-state index in [2.05, 4.69) is 10.1 Å². The first-order chi connectivity index (χ1) is 13.9. The third kappa shape index (κ3) is 3.41. The summed E-state index contributed by atoms with van der Waals surface area (Å²) >= 11 is 0. The van der Waals surface area contributed by atoms with Crippen molar-refractivity contribution in [3.63, 3.8) is 0 Å². The van der Waals surface area contributed by atoms with Crippen molar-refractivity contribution in [3.05, 3.63) is 81.8 Å². The Morgan fingerprint density at radius 3 is 2.66 bits per heavy atom. The zero-order valence-corrected chi connectivity index (χ0v) is 15.0. The Hall–Kier alpha value is -4.14. The number of carbonyl (C=O) groups is 1. The summed E-state index contributed by atoms with van der Waals surface area (Å²) in [6.07, 6.45) is 0. The molecule has 4 rings (SSSR count). The van der Waals surface area contributed by atoms with Crippen LogP contribution in [0.1, 0.15) is 16.1 Å². The molecule has 0 aliphatic rings. The first-order valence-electron chi connectivity index (χ1n) is 8.42. The van der Waals surface area contributed by atoms with E-state index in [-0.39, 0.29) is 11.3 Å². The summed E-state index contributed by atoms with van der Waals surface area (Å²) in [7, 11) is 0. The highest BCUT2D eigenvalue weighted by molar-refractivity contribution is 6.05. The third-order valence-corrected chi connectivity index (χ3v) is 4.23. The Morgan fingerprint density at radius 1 is 1.17 bits per heavy atom. The quantitative estimate of drug-likeness (QED) is 0.218. The Morgan fingerprint density at radius 2 is 1.93 bits per heavy atom. The van der Waals surface area contributed by atoms with E-state index in [4.69, 9.17) is 9.26 Å². The molecule has 2 aromatic carbocycles. The van der Waals surface area contributed by atoms with E-state index in [0.717, 1.165) is 18.2 Å². The summed E-state index contributed by atoms with van der Waals surface area (Å²) in [6, 6.07) is 13.1. The highest BCUT2D eigenvalue weighted by Crippen LogP contribution is 2.31. The molecule has 0 aliphatic heterocycles. The number of esters is 1. The molecular formula is C20H12FN3O5. The first kappa shape index (κ1) is 18.2. The summed E-state index contributed by atoms with van der Waals surface area (Å²) in [5.41, 5.74) is 1.17. The number of nitrogens with zero attached hydrogens (tertiary/aromatic N) is 3. The summed E-state index contributed by atoms with van der Waals surface area (Å²) in [5, 5.41) is 15.3. The number of aryl methyl sites for hydroxylation is 1. The van der Waals surface area contributed by atoms with Crippen molar-refractivity contribution >= 4 is 22.8 Å². The number of rotatable bonds is 4. The van der Waals surface area contributed by atoms with Crippen LogP contribution >= 0.6 is 0 Å². The minimum absolute atomic E-state index is 0.0474. The number of nitro benzene ring substituents is 1. The maximum Gasteiger partial charge on any atom is 0.344 e. The lowest BCUT2D eigenvalue weighted by atomic mass is 10.1. The molecule has 2 heterocycles. The van der Waals surface area contributed by atoms with Crippen molar-refractivity contribution in [2.75, 3.05) is 0 Å². The molecule has 0 bridgehead atoms. The summed E-state index contributed by atoms with van der Waals surface area (Å²) in [4.78, 5) is 27.7. The maximum absolute atomic E-state index is 13.6. The van der Waals surface area contributed by atoms with Crippen molar-refractivity contribution in [1.82, 2.24) is 10.1 Å². The standard InChI is InChI=1S/C20H12FN3O5/c1-11-18-14(20(25)28-17-9-13(21)7-8-16(17)24(26)27)10-15(22-19(18)29-23-11)12-5-3-2-4-6-12/h2-10H,1H3. The SMILES string of the molecule is Cc1noc2nc(-c3ccccc3)cc(C(=O)Oc3cc(F)ccc3[N+](=O)[O-])c12. The third-order valence-electron chi connectivity index (χ3n) is 4.23. The second kappa shape index (κ2) is 7.12. The summed E-state index contributed by atoms with van der Waals surface area (Å²) in [6.45, 7) is 1.62. The minimum Gasteiger partial charge on any atom is -0.415 e. The van der Waals surface area contributed by atoms with Crippen molar-refractivity contribution in [1.29, 1.82) is 0 Å². The van der Waals surface area contributed by atoms with Crippen LogP contribution < -0.4 is 4.74 Å². The Labute approximate surface area is 162 Å². The number of nitro groups is 1. The van der Waals surface area contributed by atoms with Gasteiger partial charge in [-0.05, 0) is 19.1 Å². The van der Waals surface area contributed by atoms with Gasteiger partial charge in [0.2, 0.25) is 5.75 Å². The van der Waals surface area contributed by atoms with Crippen molar-refractivity contribution in [3.8, 4) is 17.0 Å². The molecule has 4 aromatic rings. The van der Waals surface area contributed by atoms with E-state index in [0.29, 0.717) is 22.3 Å². The van der Waals surface area contributed by atoms with Gasteiger partial charge in [0, 0.05) is 17.7 Å². The van der Waals surface area contributed by atoms with Crippen LogP contribution in [0.3, 0.4) is 0 Å². The van der Waals surface area contributed by atoms with Crippen LogP contribution in [0.15, 0.2) is 59.1 Å². The number of carbonyl (C=O) groups excluding carboxylic acids is 1. The normalized spacial score (nSPS) is 10.8. The number of hydrogen-bond acceptors (Lipinski definition) is 7. The second-order valence-corrected chi connectivity index (χ2v) is 6.13. The molecule has 0 radical (unpaired) electrons. The number of benzene rings is 2. The Bertz CT molecular complexity index is 1250. The number of hydrogen-bond donors (Lipinski definition) is 0. The van der Waals surface area contributed by atoms with Crippen LogP contribution in [-0.4, -0.2) is 21.0 Å². The van der Waals surface area contributed by atoms with E-state index in [9.17, 15) is 19.3 Å². The lowest BCUT2D eigenvalue weighted by molar-refractivity contribution is -0.385. The van der Waals surface area contributed by atoms with Crippen LogP contribution in [0.25, 0.3) is 22.4 Å². The molecule has 0 saturated heterocycles. The van der Waals surface area contributed by atoms with Gasteiger partial charge in [-0.3, -0.25) is 10.1 Å². The van der Waals surface area contributed by atoms with Crippen LogP contribution in [0.4, 0.5) is 10.1 Å². The van der Waals surface area contributed by atoms with Crippen molar-refractivity contribution in [2.45, 2.75) is 6.92 Å². The smallest absolute Gasteiger partial charge is 0.344 e. The molecule has 2 aromatic heterocycles. The largest absolute Gasteiger partial charge is 0.415 e. The molecule has 144 valence electrons. The lowest BCUT2D eigenvalue weighted by Gasteiger charge is -2.08. The predicted octanol–water partition coefficient (Wildman–Crippen LogP) is 4.46. The molecule has 29 heavy (non-hydrogen) atoms. The number of ether oxygens (including phenoxy) is 1. The number of pyridine rings is 1. The van der Waals surface area contributed by atoms with Gasteiger partial charge in [0.1, 0.15) is 5.82 Å². The molecule has 0 unspecified atom stereocenters. The van der Waals surface area contributed by atoms with Gasteiger partial charge < -0.3 is 9.26 Å². The molecular weight excluding hydrogens is 381 g/mol. The molecule has 0 fully saturated rings. The molecule has 0 N–H and O–H groups in total. The second-order valence-electron chi connectivity index (χ2n) is 6.13. The van der Waals surface area contributed by atoms with Gasteiger partial charge in [-0.25, -0.2) is 14.2 Å². The van der Waals surface area contributed by atoms with Gasteiger partial charge in [-0.15, -0.1) is 0 Å². The molecule has 9 heteroatoms. The fraction of sp³-hybridized carbons (Fsp3) is 0.0500. The number of fused-ring (bicyclic) bond motifs is 1. The average Bonchev–Trinajstić information content (AvgIpc) is 3.08. The predicted molar refractivity (Wildman–Crippen MR) is 100.0 cm³/mol. The lowest BCUT2D eigenvalue weighted by Crippen LogP contribution is -2.11. The van der Waals surface area contributed by atoms with E-state index in [1.807, 2.05) is 6.07 Å². The van der Waals surface area contributed by atoms with Crippen LogP contribution in [0.2, 0.25) is 0 Å². The van der Waals surface area contributed by atoms with E-state index in [1.165, 1.54) is 6.07 Å². The highest BCUT2D eigenvalue weighted by Gasteiger charge is 2.24. The molecule has 8 nitrogen and oxygen atoms in total. The van der Waals surface area contributed by atoms with Gasteiger partial charge >= 0.3 is 11.7 Å². The molecule has 0 atom stereocenters. The van der Waals surface area contributed by atoms with Gasteiger partial charge in [-0.2, -0.15) is 0 Å². The molecule has 0 spiro atoms.